The van der Waals surface area contributed by atoms with E-state index in [1.807, 2.05) is 61.5 Å². The Morgan fingerprint density at radius 3 is 2.42 bits per heavy atom. The monoisotopic (exact) mass is 415 g/mol. The lowest BCUT2D eigenvalue weighted by Gasteiger charge is -2.16. The van der Waals surface area contributed by atoms with Crippen molar-refractivity contribution in [2.45, 2.75) is 26.4 Å². The quantitative estimate of drug-likeness (QED) is 0.427. The summed E-state index contributed by atoms with van der Waals surface area (Å²) in [6, 6.07) is 26.4. The van der Waals surface area contributed by atoms with Crippen molar-refractivity contribution in [2.24, 2.45) is 0 Å². The molecule has 1 heterocycles. The molecule has 0 saturated heterocycles. The summed E-state index contributed by atoms with van der Waals surface area (Å²) in [6.07, 6.45) is 0. The van der Waals surface area contributed by atoms with E-state index < -0.39 is 0 Å². The molecule has 0 unspecified atom stereocenters. The summed E-state index contributed by atoms with van der Waals surface area (Å²) in [5, 5.41) is 15.3. The molecule has 0 fully saturated rings. The Hall–Kier alpha value is -3.71. The maximum absolute atomic E-state index is 6.02. The third-order valence-electron chi connectivity index (χ3n) is 4.86. The van der Waals surface area contributed by atoms with Gasteiger partial charge in [0.15, 0.2) is 11.5 Å². The van der Waals surface area contributed by atoms with Crippen molar-refractivity contribution in [3.8, 4) is 23.2 Å². The van der Waals surface area contributed by atoms with Gasteiger partial charge in [-0.05, 0) is 59.7 Å². The van der Waals surface area contributed by atoms with Gasteiger partial charge in [-0.15, -0.1) is 0 Å². The third-order valence-corrected chi connectivity index (χ3v) is 4.86. The molecular weight excluding hydrogens is 390 g/mol. The number of aromatic nitrogens is 4. The van der Waals surface area contributed by atoms with Crippen LogP contribution in [0.3, 0.4) is 0 Å². The number of nitrogens with zero attached hydrogens (tertiary/aromatic N) is 4. The predicted octanol–water partition coefficient (Wildman–Crippen LogP) is 4.70. The van der Waals surface area contributed by atoms with E-state index in [0.717, 1.165) is 11.3 Å². The second kappa shape index (κ2) is 9.86. The van der Waals surface area contributed by atoms with Crippen molar-refractivity contribution >= 4 is 0 Å². The first-order valence-electron chi connectivity index (χ1n) is 10.3. The molecule has 0 radical (unpaired) electrons. The molecule has 0 aliphatic heterocycles. The van der Waals surface area contributed by atoms with Crippen molar-refractivity contribution in [3.63, 3.8) is 0 Å². The Labute approximate surface area is 181 Å². The van der Waals surface area contributed by atoms with Gasteiger partial charge in [-0.25, -0.2) is 0 Å². The maximum Gasteiger partial charge on any atom is 0.346 e. The molecule has 31 heavy (non-hydrogen) atoms. The van der Waals surface area contributed by atoms with Gasteiger partial charge < -0.3 is 14.8 Å². The zero-order chi connectivity index (χ0) is 21.5. The topological polar surface area (TPSA) is 74.1 Å². The number of benzene rings is 3. The zero-order valence-corrected chi connectivity index (χ0v) is 17.6. The molecule has 7 nitrogen and oxygen atoms in total. The van der Waals surface area contributed by atoms with Crippen LogP contribution in [0, 0.1) is 0 Å². The Balaban J connectivity index is 1.50. The van der Waals surface area contributed by atoms with Crippen molar-refractivity contribution in [2.75, 3.05) is 6.61 Å². The fourth-order valence-electron chi connectivity index (χ4n) is 3.22. The number of nitrogens with one attached hydrogen (secondary N) is 1. The van der Waals surface area contributed by atoms with E-state index >= 15 is 0 Å². The highest BCUT2D eigenvalue weighted by molar-refractivity contribution is 5.45. The smallest absolute Gasteiger partial charge is 0.346 e. The number of ether oxygens (including phenoxy) is 2. The lowest BCUT2D eigenvalue weighted by molar-refractivity contribution is 0.315. The molecule has 0 bridgehead atoms. The van der Waals surface area contributed by atoms with Gasteiger partial charge in [-0.1, -0.05) is 59.7 Å². The standard InChI is InChI=1S/C24H25N5O2/c1-3-30-23-16-19(17-25-18(2)20-10-6-4-7-11-20)14-15-22(23)31-24-26-27-28-29(24)21-12-8-5-9-13-21/h4-16,18,25H,3,17H2,1-2H3/t18-/m1/s1. The van der Waals surface area contributed by atoms with Crippen LogP contribution in [0.15, 0.2) is 78.9 Å². The Bertz CT molecular complexity index is 1100. The minimum Gasteiger partial charge on any atom is -0.490 e. The van der Waals surface area contributed by atoms with Gasteiger partial charge in [0.1, 0.15) is 0 Å². The summed E-state index contributed by atoms with van der Waals surface area (Å²) in [4.78, 5) is 0. The second-order valence-corrected chi connectivity index (χ2v) is 7.04. The van der Waals surface area contributed by atoms with Crippen molar-refractivity contribution in [1.29, 1.82) is 0 Å². The Morgan fingerprint density at radius 1 is 0.935 bits per heavy atom. The number of para-hydroxylation sites is 1. The Kier molecular flexibility index (Phi) is 6.54. The summed E-state index contributed by atoms with van der Waals surface area (Å²) >= 11 is 0. The van der Waals surface area contributed by atoms with Gasteiger partial charge in [0.05, 0.1) is 12.3 Å². The van der Waals surface area contributed by atoms with Crippen LogP contribution in [-0.2, 0) is 6.54 Å². The molecule has 0 amide bonds. The zero-order valence-electron chi connectivity index (χ0n) is 17.6. The molecule has 7 heteroatoms. The highest BCUT2D eigenvalue weighted by Gasteiger charge is 2.15. The summed E-state index contributed by atoms with van der Waals surface area (Å²) in [6.45, 7) is 5.33. The van der Waals surface area contributed by atoms with E-state index in [2.05, 4.69) is 52.0 Å². The van der Waals surface area contributed by atoms with Gasteiger partial charge in [-0.3, -0.25) is 0 Å². The number of rotatable bonds is 9. The highest BCUT2D eigenvalue weighted by Crippen LogP contribution is 2.32. The third kappa shape index (κ3) is 5.07. The van der Waals surface area contributed by atoms with Gasteiger partial charge in [0, 0.05) is 12.6 Å². The second-order valence-electron chi connectivity index (χ2n) is 7.04. The van der Waals surface area contributed by atoms with E-state index in [-0.39, 0.29) is 12.1 Å². The van der Waals surface area contributed by atoms with Gasteiger partial charge in [0.25, 0.3) is 0 Å². The molecule has 4 rings (SSSR count). The van der Waals surface area contributed by atoms with E-state index in [1.165, 1.54) is 5.56 Å². The number of hydrogen-bond acceptors (Lipinski definition) is 6. The number of hydrogen-bond donors (Lipinski definition) is 1. The minimum absolute atomic E-state index is 0.239. The van der Waals surface area contributed by atoms with Crippen molar-refractivity contribution in [1.82, 2.24) is 25.5 Å². The molecule has 158 valence electrons. The van der Waals surface area contributed by atoms with Gasteiger partial charge in [-0.2, -0.15) is 4.68 Å². The van der Waals surface area contributed by atoms with E-state index in [9.17, 15) is 0 Å². The lowest BCUT2D eigenvalue weighted by Crippen LogP contribution is -2.18. The summed E-state index contributed by atoms with van der Waals surface area (Å²) in [5.41, 5.74) is 3.16. The van der Waals surface area contributed by atoms with Crippen LogP contribution in [0.1, 0.15) is 31.0 Å². The number of tetrazole rings is 1. The molecule has 0 aliphatic carbocycles. The molecule has 1 atom stereocenters. The SMILES string of the molecule is CCOc1cc(CN[C@H](C)c2ccccc2)ccc1Oc1nnnn1-c1ccccc1. The summed E-state index contributed by atoms with van der Waals surface area (Å²) in [5.74, 6) is 1.21. The van der Waals surface area contributed by atoms with E-state index in [0.29, 0.717) is 24.7 Å². The van der Waals surface area contributed by atoms with Crippen LogP contribution in [0.25, 0.3) is 5.69 Å². The molecule has 0 saturated carbocycles. The van der Waals surface area contributed by atoms with Gasteiger partial charge >= 0.3 is 6.01 Å². The van der Waals surface area contributed by atoms with Crippen molar-refractivity contribution < 1.29 is 9.47 Å². The summed E-state index contributed by atoms with van der Waals surface area (Å²) < 4.78 is 13.4. The first kappa shape index (κ1) is 20.6. The largest absolute Gasteiger partial charge is 0.490 e. The molecule has 3 aromatic carbocycles. The normalized spacial score (nSPS) is 11.8. The highest BCUT2D eigenvalue weighted by atomic mass is 16.5. The van der Waals surface area contributed by atoms with Gasteiger partial charge in [0.2, 0.25) is 0 Å². The van der Waals surface area contributed by atoms with Crippen LogP contribution in [-0.4, -0.2) is 26.8 Å². The molecule has 1 N–H and O–H groups in total. The first-order valence-corrected chi connectivity index (χ1v) is 10.3. The maximum atomic E-state index is 6.02. The summed E-state index contributed by atoms with van der Waals surface area (Å²) in [7, 11) is 0. The van der Waals surface area contributed by atoms with Crippen molar-refractivity contribution in [3.05, 3.63) is 90.0 Å². The Morgan fingerprint density at radius 2 is 1.68 bits per heavy atom. The van der Waals surface area contributed by atoms with Crippen LogP contribution in [0.5, 0.6) is 17.5 Å². The average molecular weight is 415 g/mol. The first-order chi connectivity index (χ1) is 15.2. The average Bonchev–Trinajstić information content (AvgIpc) is 3.28. The fourth-order valence-corrected chi connectivity index (χ4v) is 3.22. The lowest BCUT2D eigenvalue weighted by atomic mass is 10.1. The van der Waals surface area contributed by atoms with Crippen LogP contribution in [0.2, 0.25) is 0 Å². The van der Waals surface area contributed by atoms with E-state index in [4.69, 9.17) is 9.47 Å². The van der Waals surface area contributed by atoms with E-state index in [1.54, 1.807) is 4.68 Å². The molecule has 4 aromatic rings. The van der Waals surface area contributed by atoms with Crippen LogP contribution in [0.4, 0.5) is 0 Å². The minimum atomic E-state index is 0.239. The molecule has 0 aliphatic rings. The molecular formula is C24H25N5O2. The molecule has 0 spiro atoms. The molecule has 1 aromatic heterocycles. The predicted molar refractivity (Wildman–Crippen MR) is 119 cm³/mol. The van der Waals surface area contributed by atoms with Crippen LogP contribution < -0.4 is 14.8 Å². The fraction of sp³-hybridized carbons (Fsp3) is 0.208. The van der Waals surface area contributed by atoms with Crippen LogP contribution >= 0.6 is 0 Å².